The van der Waals surface area contributed by atoms with Gasteiger partial charge in [0.2, 0.25) is 5.88 Å². The Bertz CT molecular complexity index is 1040. The number of carbonyl (C=O) groups is 1. The SMILES string of the molecule is Cn1c2c(c(=O)n(C)c1=O)[C@H]1CCC[C@@H](OC(=O)c3cccc(Cl)c3)[C@@H]1O2. The molecule has 0 bridgehead atoms. The molecule has 142 valence electrons. The molecule has 8 heteroatoms. The molecule has 1 aromatic heterocycles. The average Bonchev–Trinajstić information content (AvgIpc) is 3.05. The molecule has 3 atom stereocenters. The van der Waals surface area contributed by atoms with E-state index in [4.69, 9.17) is 21.1 Å². The number of hydrogen-bond donors (Lipinski definition) is 0. The lowest BCUT2D eigenvalue weighted by molar-refractivity contribution is -0.0266. The molecule has 0 amide bonds. The molecule has 27 heavy (non-hydrogen) atoms. The number of aromatic nitrogens is 2. The number of hydrogen-bond acceptors (Lipinski definition) is 5. The molecule has 1 aliphatic carbocycles. The van der Waals surface area contributed by atoms with Crippen molar-refractivity contribution < 1.29 is 14.3 Å². The molecule has 2 aromatic rings. The van der Waals surface area contributed by atoms with Gasteiger partial charge in [-0.15, -0.1) is 0 Å². The van der Waals surface area contributed by atoms with Crippen LogP contribution in [0.1, 0.15) is 41.1 Å². The second-order valence-corrected chi connectivity index (χ2v) is 7.43. The number of fused-ring (bicyclic) bond motifs is 3. The van der Waals surface area contributed by atoms with Crippen LogP contribution >= 0.6 is 11.6 Å². The molecule has 0 radical (unpaired) electrons. The summed E-state index contributed by atoms with van der Waals surface area (Å²) in [6, 6.07) is 6.55. The molecule has 1 aromatic carbocycles. The van der Waals surface area contributed by atoms with Gasteiger partial charge in [-0.3, -0.25) is 13.9 Å². The van der Waals surface area contributed by atoms with Gasteiger partial charge < -0.3 is 9.47 Å². The fourth-order valence-corrected chi connectivity index (χ4v) is 4.17. The lowest BCUT2D eigenvalue weighted by Gasteiger charge is -2.31. The monoisotopic (exact) mass is 390 g/mol. The van der Waals surface area contributed by atoms with E-state index in [0.29, 0.717) is 22.6 Å². The number of benzene rings is 1. The summed E-state index contributed by atoms with van der Waals surface area (Å²) in [6.45, 7) is 0. The van der Waals surface area contributed by atoms with Gasteiger partial charge in [0.15, 0.2) is 0 Å². The van der Waals surface area contributed by atoms with Gasteiger partial charge in [-0.1, -0.05) is 17.7 Å². The van der Waals surface area contributed by atoms with Crippen LogP contribution in [0.15, 0.2) is 33.9 Å². The first kappa shape index (κ1) is 17.9. The summed E-state index contributed by atoms with van der Waals surface area (Å²) in [5.41, 5.74) is 0.0730. The Labute approximate surface area is 160 Å². The largest absolute Gasteiger partial charge is 0.470 e. The summed E-state index contributed by atoms with van der Waals surface area (Å²) in [4.78, 5) is 37.3. The van der Waals surface area contributed by atoms with Crippen molar-refractivity contribution in [3.8, 4) is 5.88 Å². The van der Waals surface area contributed by atoms with Gasteiger partial charge in [-0.05, 0) is 37.5 Å². The molecule has 2 aliphatic rings. The van der Waals surface area contributed by atoms with Crippen LogP contribution in [0.4, 0.5) is 0 Å². The molecule has 0 spiro atoms. The molecule has 1 fully saturated rings. The minimum Gasteiger partial charge on any atom is -0.470 e. The van der Waals surface area contributed by atoms with Gasteiger partial charge in [0.1, 0.15) is 12.2 Å². The average molecular weight is 391 g/mol. The normalized spacial score (nSPS) is 23.3. The maximum Gasteiger partial charge on any atom is 0.338 e. The second-order valence-electron chi connectivity index (χ2n) is 7.00. The fourth-order valence-electron chi connectivity index (χ4n) is 3.98. The van der Waals surface area contributed by atoms with Crippen LogP contribution in [0, 0.1) is 0 Å². The maximum absolute atomic E-state index is 12.6. The zero-order valence-electron chi connectivity index (χ0n) is 15.0. The van der Waals surface area contributed by atoms with Crippen molar-refractivity contribution in [3.63, 3.8) is 0 Å². The highest BCUT2D eigenvalue weighted by atomic mass is 35.5. The van der Waals surface area contributed by atoms with Crippen LogP contribution in [-0.2, 0) is 18.8 Å². The van der Waals surface area contributed by atoms with E-state index in [9.17, 15) is 14.4 Å². The van der Waals surface area contributed by atoms with E-state index in [1.54, 1.807) is 31.3 Å². The summed E-state index contributed by atoms with van der Waals surface area (Å²) < 4.78 is 14.1. The first-order valence-electron chi connectivity index (χ1n) is 8.81. The van der Waals surface area contributed by atoms with E-state index in [0.717, 1.165) is 17.4 Å². The van der Waals surface area contributed by atoms with Crippen molar-refractivity contribution >= 4 is 17.6 Å². The van der Waals surface area contributed by atoms with Crippen LogP contribution in [0.5, 0.6) is 5.88 Å². The third-order valence-corrected chi connectivity index (χ3v) is 5.58. The predicted octanol–water partition coefficient (Wildman–Crippen LogP) is 1.99. The zero-order valence-corrected chi connectivity index (χ0v) is 15.7. The van der Waals surface area contributed by atoms with E-state index in [1.165, 1.54) is 11.6 Å². The Kier molecular flexibility index (Phi) is 4.34. The number of esters is 1. The molecule has 4 rings (SSSR count). The summed E-state index contributed by atoms with van der Waals surface area (Å²) in [5, 5.41) is 0.453. The fraction of sp³-hybridized carbons (Fsp3) is 0.421. The Hall–Kier alpha value is -2.54. The molecular weight excluding hydrogens is 372 g/mol. The smallest absolute Gasteiger partial charge is 0.338 e. The number of ether oxygens (including phenoxy) is 2. The van der Waals surface area contributed by atoms with Crippen molar-refractivity contribution in [2.24, 2.45) is 14.1 Å². The van der Waals surface area contributed by atoms with E-state index >= 15 is 0 Å². The highest BCUT2D eigenvalue weighted by Crippen LogP contribution is 2.44. The minimum atomic E-state index is -0.498. The molecule has 0 saturated heterocycles. The van der Waals surface area contributed by atoms with Crippen molar-refractivity contribution in [2.45, 2.75) is 37.4 Å². The Morgan fingerprint density at radius 3 is 2.74 bits per heavy atom. The highest BCUT2D eigenvalue weighted by molar-refractivity contribution is 6.30. The van der Waals surface area contributed by atoms with Crippen molar-refractivity contribution in [3.05, 3.63) is 61.3 Å². The third kappa shape index (κ3) is 2.86. The van der Waals surface area contributed by atoms with E-state index in [1.807, 2.05) is 0 Å². The van der Waals surface area contributed by atoms with E-state index in [-0.39, 0.29) is 17.4 Å². The molecule has 0 unspecified atom stereocenters. The molecule has 1 saturated carbocycles. The summed E-state index contributed by atoms with van der Waals surface area (Å²) in [7, 11) is 3.03. The van der Waals surface area contributed by atoms with Crippen LogP contribution in [0.2, 0.25) is 5.02 Å². The zero-order chi connectivity index (χ0) is 19.3. The Morgan fingerprint density at radius 2 is 2.00 bits per heavy atom. The first-order chi connectivity index (χ1) is 12.9. The topological polar surface area (TPSA) is 79.5 Å². The minimum absolute atomic E-state index is 0.198. The van der Waals surface area contributed by atoms with Crippen LogP contribution in [0.25, 0.3) is 0 Å². The second kappa shape index (κ2) is 6.56. The Morgan fingerprint density at radius 1 is 1.22 bits per heavy atom. The van der Waals surface area contributed by atoms with Crippen LogP contribution < -0.4 is 16.0 Å². The van der Waals surface area contributed by atoms with Crippen LogP contribution in [0.3, 0.4) is 0 Å². The van der Waals surface area contributed by atoms with Gasteiger partial charge in [-0.25, -0.2) is 9.59 Å². The lowest BCUT2D eigenvalue weighted by Crippen LogP contribution is -2.41. The quantitative estimate of drug-likeness (QED) is 0.733. The third-order valence-electron chi connectivity index (χ3n) is 5.35. The van der Waals surface area contributed by atoms with Crippen LogP contribution in [-0.4, -0.2) is 27.3 Å². The predicted molar refractivity (Wildman–Crippen MR) is 98.6 cm³/mol. The molecular formula is C19H19ClN2O5. The van der Waals surface area contributed by atoms with Gasteiger partial charge in [-0.2, -0.15) is 0 Å². The van der Waals surface area contributed by atoms with Crippen molar-refractivity contribution in [1.29, 1.82) is 0 Å². The number of halogens is 1. The van der Waals surface area contributed by atoms with Gasteiger partial charge >= 0.3 is 11.7 Å². The molecule has 7 nitrogen and oxygen atoms in total. The summed E-state index contributed by atoms with van der Waals surface area (Å²) >= 11 is 5.94. The summed E-state index contributed by atoms with van der Waals surface area (Å²) in [6.07, 6.45) is 1.20. The highest BCUT2D eigenvalue weighted by Gasteiger charge is 2.47. The molecule has 2 heterocycles. The molecule has 0 N–H and O–H groups in total. The maximum atomic E-state index is 12.6. The standard InChI is InChI=1S/C19H19ClN2O5/c1-21-16(23)14-12-7-4-8-13(15(12)27-17(14)22(2)19(21)25)26-18(24)10-5-3-6-11(20)9-10/h3,5-6,9,12-13,15H,4,7-8H2,1-2H3/t12-,13-,15-/m1/s1. The van der Waals surface area contributed by atoms with Crippen molar-refractivity contribution in [2.75, 3.05) is 0 Å². The number of rotatable bonds is 2. The Balaban J connectivity index is 1.65. The number of nitrogens with zero attached hydrogens (tertiary/aromatic N) is 2. The van der Waals surface area contributed by atoms with E-state index in [2.05, 4.69) is 0 Å². The van der Waals surface area contributed by atoms with E-state index < -0.39 is 23.9 Å². The summed E-state index contributed by atoms with van der Waals surface area (Å²) in [5.74, 6) is -0.398. The molecule has 1 aliphatic heterocycles. The number of carbonyl (C=O) groups excluding carboxylic acids is 1. The van der Waals surface area contributed by atoms with Crippen molar-refractivity contribution in [1.82, 2.24) is 9.13 Å². The first-order valence-corrected chi connectivity index (χ1v) is 9.19. The van der Waals surface area contributed by atoms with Gasteiger partial charge in [0.25, 0.3) is 5.56 Å². The lowest BCUT2D eigenvalue weighted by atomic mass is 9.82. The van der Waals surface area contributed by atoms with Gasteiger partial charge in [0.05, 0.1) is 11.1 Å². The van der Waals surface area contributed by atoms with Gasteiger partial charge in [0, 0.05) is 25.0 Å².